The monoisotopic (exact) mass is 255 g/mol. The predicted molar refractivity (Wildman–Crippen MR) is 61.7 cm³/mol. The van der Waals surface area contributed by atoms with E-state index in [0.29, 0.717) is 0 Å². The first kappa shape index (κ1) is 12.8. The molecule has 4 N–H and O–H groups in total. The number of amides is 2. The molecule has 1 aliphatic carbocycles. The number of carboxylic acid groups (broad SMARTS) is 1. The quantitative estimate of drug-likeness (QED) is 0.475. The summed E-state index contributed by atoms with van der Waals surface area (Å²) in [6.45, 7) is 0.361. The predicted octanol–water partition coefficient (Wildman–Crippen LogP) is -1.56. The van der Waals surface area contributed by atoms with Crippen LogP contribution in [0.4, 0.5) is 0 Å². The number of piperazine rings is 1. The number of hydrogen-bond acceptors (Lipinski definition) is 4. The van der Waals surface area contributed by atoms with E-state index < -0.39 is 12.0 Å². The van der Waals surface area contributed by atoms with Gasteiger partial charge in [-0.05, 0) is 18.8 Å². The Balaban J connectivity index is 1.84. The Kier molecular flexibility index (Phi) is 3.81. The van der Waals surface area contributed by atoms with Crippen molar-refractivity contribution in [1.29, 1.82) is 0 Å². The summed E-state index contributed by atoms with van der Waals surface area (Å²) in [5.74, 6) is -1.00. The maximum Gasteiger partial charge on any atom is 0.305 e. The van der Waals surface area contributed by atoms with Crippen LogP contribution in [-0.2, 0) is 14.4 Å². The second kappa shape index (κ2) is 5.34. The van der Waals surface area contributed by atoms with Crippen LogP contribution in [0.3, 0.4) is 0 Å². The van der Waals surface area contributed by atoms with Gasteiger partial charge in [0.05, 0.1) is 13.0 Å². The lowest BCUT2D eigenvalue weighted by molar-refractivity contribution is -0.138. The van der Waals surface area contributed by atoms with E-state index in [1.807, 2.05) is 0 Å². The molecule has 1 aliphatic heterocycles. The maximum absolute atomic E-state index is 11.9. The molecule has 7 heteroatoms. The van der Waals surface area contributed by atoms with E-state index in [-0.39, 0.29) is 43.3 Å². The summed E-state index contributed by atoms with van der Waals surface area (Å²) in [7, 11) is 0. The lowest BCUT2D eigenvalue weighted by Crippen LogP contribution is -2.59. The third-order valence-electron chi connectivity index (χ3n) is 3.24. The smallest absolute Gasteiger partial charge is 0.305 e. The lowest BCUT2D eigenvalue weighted by Gasteiger charge is -2.25. The third kappa shape index (κ3) is 3.43. The first-order valence-corrected chi connectivity index (χ1v) is 6.08. The molecule has 0 spiro atoms. The molecule has 2 aliphatic rings. The Morgan fingerprint density at radius 3 is 2.67 bits per heavy atom. The number of hydrogen-bond donors (Lipinski definition) is 4. The summed E-state index contributed by atoms with van der Waals surface area (Å²) in [5, 5.41) is 17.0. The topological polar surface area (TPSA) is 108 Å². The zero-order valence-electron chi connectivity index (χ0n) is 9.94. The SMILES string of the molecule is O=C(O)CC(NC(=O)C1CNC(=O)CN1)C1CC1. The Hall–Kier alpha value is -1.63. The van der Waals surface area contributed by atoms with Crippen LogP contribution in [0.1, 0.15) is 19.3 Å². The number of nitrogens with one attached hydrogen (secondary N) is 3. The molecule has 2 fully saturated rings. The van der Waals surface area contributed by atoms with E-state index in [0.717, 1.165) is 12.8 Å². The average Bonchev–Trinajstić information content (AvgIpc) is 3.12. The molecular weight excluding hydrogens is 238 g/mol. The molecule has 2 rings (SSSR count). The van der Waals surface area contributed by atoms with Crippen LogP contribution < -0.4 is 16.0 Å². The number of aliphatic carboxylic acids is 1. The van der Waals surface area contributed by atoms with Gasteiger partial charge in [0, 0.05) is 12.6 Å². The van der Waals surface area contributed by atoms with Crippen LogP contribution in [-0.4, -0.2) is 48.1 Å². The zero-order chi connectivity index (χ0) is 13.1. The third-order valence-corrected chi connectivity index (χ3v) is 3.24. The molecular formula is C11H17N3O4. The molecule has 0 aromatic rings. The van der Waals surface area contributed by atoms with Crippen molar-refractivity contribution >= 4 is 17.8 Å². The molecule has 2 amide bonds. The van der Waals surface area contributed by atoms with E-state index in [2.05, 4.69) is 16.0 Å². The molecule has 0 radical (unpaired) electrons. The van der Waals surface area contributed by atoms with Gasteiger partial charge in [-0.3, -0.25) is 19.7 Å². The highest BCUT2D eigenvalue weighted by Gasteiger charge is 2.35. The van der Waals surface area contributed by atoms with Gasteiger partial charge in [-0.2, -0.15) is 0 Å². The van der Waals surface area contributed by atoms with E-state index in [4.69, 9.17) is 5.11 Å². The summed E-state index contributed by atoms with van der Waals surface area (Å²) >= 11 is 0. The second-order valence-electron chi connectivity index (χ2n) is 4.79. The molecule has 0 bridgehead atoms. The first-order chi connectivity index (χ1) is 8.56. The molecule has 1 saturated heterocycles. The van der Waals surface area contributed by atoms with E-state index in [1.165, 1.54) is 0 Å². The van der Waals surface area contributed by atoms with Gasteiger partial charge in [0.1, 0.15) is 6.04 Å². The summed E-state index contributed by atoms with van der Waals surface area (Å²) in [5.41, 5.74) is 0. The van der Waals surface area contributed by atoms with Gasteiger partial charge in [-0.15, -0.1) is 0 Å². The number of carbonyl (C=O) groups is 3. The van der Waals surface area contributed by atoms with Crippen LogP contribution in [0.15, 0.2) is 0 Å². The van der Waals surface area contributed by atoms with Crippen molar-refractivity contribution in [2.75, 3.05) is 13.1 Å². The number of carboxylic acids is 1. The number of rotatable bonds is 5. The van der Waals surface area contributed by atoms with Gasteiger partial charge in [0.15, 0.2) is 0 Å². The highest BCUT2D eigenvalue weighted by atomic mass is 16.4. The van der Waals surface area contributed by atoms with Crippen LogP contribution in [0, 0.1) is 5.92 Å². The van der Waals surface area contributed by atoms with Gasteiger partial charge in [0.25, 0.3) is 0 Å². The minimum atomic E-state index is -0.905. The van der Waals surface area contributed by atoms with Crippen LogP contribution in [0.25, 0.3) is 0 Å². The van der Waals surface area contributed by atoms with Crippen molar-refractivity contribution in [3.05, 3.63) is 0 Å². The molecule has 7 nitrogen and oxygen atoms in total. The Labute approximate surface area is 104 Å². The van der Waals surface area contributed by atoms with Crippen molar-refractivity contribution in [3.63, 3.8) is 0 Å². The van der Waals surface area contributed by atoms with Crippen molar-refractivity contribution in [1.82, 2.24) is 16.0 Å². The lowest BCUT2D eigenvalue weighted by atomic mass is 10.1. The van der Waals surface area contributed by atoms with Crippen LogP contribution in [0.5, 0.6) is 0 Å². The Morgan fingerprint density at radius 1 is 1.44 bits per heavy atom. The largest absolute Gasteiger partial charge is 0.481 e. The molecule has 0 aromatic carbocycles. The van der Waals surface area contributed by atoms with Crippen LogP contribution >= 0.6 is 0 Å². The second-order valence-corrected chi connectivity index (χ2v) is 4.79. The van der Waals surface area contributed by atoms with Gasteiger partial charge in [0.2, 0.25) is 11.8 Å². The Morgan fingerprint density at radius 2 is 2.17 bits per heavy atom. The van der Waals surface area contributed by atoms with Gasteiger partial charge >= 0.3 is 5.97 Å². The highest BCUT2D eigenvalue weighted by Crippen LogP contribution is 2.34. The van der Waals surface area contributed by atoms with Crippen molar-refractivity contribution in [2.45, 2.75) is 31.3 Å². The molecule has 0 aromatic heterocycles. The molecule has 1 heterocycles. The molecule has 2 atom stereocenters. The summed E-state index contributed by atoms with van der Waals surface area (Å²) in [6, 6.07) is -0.771. The van der Waals surface area contributed by atoms with Crippen molar-refractivity contribution in [3.8, 4) is 0 Å². The maximum atomic E-state index is 11.9. The summed E-state index contributed by atoms with van der Waals surface area (Å²) in [6.07, 6.45) is 1.88. The van der Waals surface area contributed by atoms with Gasteiger partial charge < -0.3 is 15.7 Å². The normalized spacial score (nSPS) is 25.1. The fourth-order valence-corrected chi connectivity index (χ4v) is 2.06. The molecule has 18 heavy (non-hydrogen) atoms. The average molecular weight is 255 g/mol. The Bertz CT molecular complexity index is 357. The highest BCUT2D eigenvalue weighted by molar-refractivity contribution is 5.87. The molecule has 100 valence electrons. The number of carbonyl (C=O) groups excluding carboxylic acids is 2. The fraction of sp³-hybridized carbons (Fsp3) is 0.727. The standard InChI is InChI=1S/C11H17N3O4/c15-9-5-12-8(4-13-9)11(18)14-7(3-10(16)17)6-1-2-6/h6-8,12H,1-5H2,(H,13,15)(H,14,18)(H,16,17). The van der Waals surface area contributed by atoms with Crippen LogP contribution in [0.2, 0.25) is 0 Å². The van der Waals surface area contributed by atoms with Gasteiger partial charge in [-0.1, -0.05) is 0 Å². The molecule has 1 saturated carbocycles. The minimum absolute atomic E-state index is 0.0461. The van der Waals surface area contributed by atoms with E-state index in [9.17, 15) is 14.4 Å². The molecule has 2 unspecified atom stereocenters. The van der Waals surface area contributed by atoms with E-state index >= 15 is 0 Å². The fourth-order valence-electron chi connectivity index (χ4n) is 2.06. The van der Waals surface area contributed by atoms with Crippen molar-refractivity contribution < 1.29 is 19.5 Å². The summed E-state index contributed by atoms with van der Waals surface area (Å²) in [4.78, 5) is 33.6. The first-order valence-electron chi connectivity index (χ1n) is 6.08. The van der Waals surface area contributed by atoms with Gasteiger partial charge in [-0.25, -0.2) is 0 Å². The van der Waals surface area contributed by atoms with E-state index in [1.54, 1.807) is 0 Å². The summed E-state index contributed by atoms with van der Waals surface area (Å²) < 4.78 is 0. The zero-order valence-corrected chi connectivity index (χ0v) is 9.94. The minimum Gasteiger partial charge on any atom is -0.481 e. The van der Waals surface area contributed by atoms with Crippen molar-refractivity contribution in [2.24, 2.45) is 5.92 Å².